The lowest BCUT2D eigenvalue weighted by molar-refractivity contribution is 0.260. The predicted octanol–water partition coefficient (Wildman–Crippen LogP) is -0.482. The van der Waals surface area contributed by atoms with Crippen molar-refractivity contribution >= 4 is 54.9 Å². The quantitative estimate of drug-likeness (QED) is 0.489. The van der Waals surface area contributed by atoms with E-state index in [4.69, 9.17) is 54.9 Å². The van der Waals surface area contributed by atoms with Crippen LogP contribution in [-0.4, -0.2) is 54.9 Å². The maximum Gasteiger partial charge on any atom is 0.0709 e. The third-order valence-corrected chi connectivity index (χ3v) is 2.55. The zero-order valence-corrected chi connectivity index (χ0v) is 9.04. The molecule has 58 valence electrons. The molecule has 0 aromatic carbocycles. The van der Waals surface area contributed by atoms with E-state index in [2.05, 4.69) is 0 Å². The summed E-state index contributed by atoms with van der Waals surface area (Å²) in [6, 6.07) is 0. The van der Waals surface area contributed by atoms with Gasteiger partial charge in [-0.05, 0) is 5.41 Å². The number of rotatable bonds is 2. The molecule has 0 rings (SSSR count). The summed E-state index contributed by atoms with van der Waals surface area (Å²) in [4.78, 5) is 0. The van der Waals surface area contributed by atoms with Gasteiger partial charge in [-0.1, -0.05) is 26.1 Å². The molecule has 0 unspecified atom stereocenters. The lowest BCUT2D eigenvalue weighted by Gasteiger charge is -2.63. The third-order valence-electron chi connectivity index (χ3n) is 2.55. The summed E-state index contributed by atoms with van der Waals surface area (Å²) in [5, 5.41) is -5.07. The Labute approximate surface area is 97.0 Å². The van der Waals surface area contributed by atoms with Gasteiger partial charge in [-0.25, -0.2) is 0 Å². The summed E-state index contributed by atoms with van der Waals surface area (Å²) in [7, 11) is 39.4. The van der Waals surface area contributed by atoms with Crippen molar-refractivity contribution in [2.24, 2.45) is 5.41 Å². The highest BCUT2D eigenvalue weighted by Gasteiger charge is 2.50. The Hall–Kier alpha value is 0.455. The van der Waals surface area contributed by atoms with E-state index in [1.807, 2.05) is 0 Å². The maximum atomic E-state index is 5.98. The van der Waals surface area contributed by atoms with Crippen molar-refractivity contribution in [1.29, 1.82) is 0 Å². The van der Waals surface area contributed by atoms with E-state index in [-0.39, 0.29) is 0 Å². The fourth-order valence-electron chi connectivity index (χ4n) is 1.67. The van der Waals surface area contributed by atoms with Crippen LogP contribution < -0.4 is 0 Å². The minimum Gasteiger partial charge on any atom is -0.133 e. The van der Waals surface area contributed by atoms with E-state index in [9.17, 15) is 0 Å². The van der Waals surface area contributed by atoms with Crippen LogP contribution in [0.3, 0.4) is 0 Å². The van der Waals surface area contributed by atoms with Crippen LogP contribution in [0, 0.1) is 5.41 Å². The van der Waals surface area contributed by atoms with E-state index in [0.717, 1.165) is 0 Å². The molecule has 0 aliphatic heterocycles. The Morgan fingerprint density at radius 3 is 0.786 bits per heavy atom. The maximum absolute atomic E-state index is 5.98. The monoisotopic (exact) mass is 170 g/mol. The number of hydrogen-bond donors (Lipinski definition) is 0. The average molecular weight is 169 g/mol. The van der Waals surface area contributed by atoms with Crippen LogP contribution in [0.5, 0.6) is 0 Å². The molecule has 0 aromatic heterocycles. The van der Waals surface area contributed by atoms with Gasteiger partial charge in [0.25, 0.3) is 0 Å². The first kappa shape index (κ1) is 14.5. The zero-order valence-electron chi connectivity index (χ0n) is 9.04. The Kier molecular flexibility index (Phi) is 3.60. The van der Waals surface area contributed by atoms with Crippen LogP contribution in [0.2, 0.25) is 15.5 Å². The van der Waals surface area contributed by atoms with Gasteiger partial charge >= 0.3 is 0 Å². The first-order chi connectivity index (χ1) is 5.75. The predicted molar refractivity (Wildman–Crippen MR) is 67.8 cm³/mol. The molecule has 0 aliphatic carbocycles. The molecule has 7 heteroatoms. The van der Waals surface area contributed by atoms with Gasteiger partial charge in [0.1, 0.15) is 0 Å². The highest BCUT2D eigenvalue weighted by molar-refractivity contribution is 6.69. The van der Waals surface area contributed by atoms with Crippen LogP contribution in [0.25, 0.3) is 0 Å². The van der Waals surface area contributed by atoms with Crippen LogP contribution >= 0.6 is 0 Å². The SMILES string of the molecule is [B]C([B])([B])C([B])(C([B])([B])[B])C(C)(C)C. The van der Waals surface area contributed by atoms with E-state index >= 15 is 0 Å². The molecule has 0 amide bonds. The van der Waals surface area contributed by atoms with Crippen molar-refractivity contribution in [2.75, 3.05) is 0 Å². The van der Waals surface area contributed by atoms with Crippen molar-refractivity contribution in [3.8, 4) is 0 Å². The molecule has 0 nitrogen and oxygen atoms in total. The Morgan fingerprint density at radius 1 is 0.571 bits per heavy atom. The molecule has 0 N–H and O–H groups in total. The fraction of sp³-hybridized carbons (Fsp3) is 1.00. The van der Waals surface area contributed by atoms with Gasteiger partial charge in [0.05, 0.1) is 54.9 Å². The third kappa shape index (κ3) is 2.17. The second-order valence-electron chi connectivity index (χ2n) is 4.92. The van der Waals surface area contributed by atoms with Gasteiger partial charge in [-0.3, -0.25) is 0 Å². The van der Waals surface area contributed by atoms with E-state index in [0.29, 0.717) is 0 Å². The molecule has 14 radical (unpaired) electrons. The zero-order chi connectivity index (χ0) is 12.0. The normalized spacial score (nSPS) is 15.4. The molecule has 0 saturated heterocycles. The van der Waals surface area contributed by atoms with Crippen molar-refractivity contribution < 1.29 is 0 Å². The van der Waals surface area contributed by atoms with Gasteiger partial charge in [-0.2, -0.15) is 0 Å². The smallest absolute Gasteiger partial charge is 0.0709 e. The largest absolute Gasteiger partial charge is 0.133 e. The van der Waals surface area contributed by atoms with Gasteiger partial charge < -0.3 is 0 Å². The van der Waals surface area contributed by atoms with Crippen molar-refractivity contribution in [1.82, 2.24) is 0 Å². The Balaban J connectivity index is 5.54. The van der Waals surface area contributed by atoms with E-state index in [1.54, 1.807) is 20.8 Å². The molecular formula is C7H9B7. The second-order valence-corrected chi connectivity index (χ2v) is 4.92. The van der Waals surface area contributed by atoms with Crippen molar-refractivity contribution in [3.63, 3.8) is 0 Å². The van der Waals surface area contributed by atoms with Crippen molar-refractivity contribution in [3.05, 3.63) is 0 Å². The molecule has 0 spiro atoms. The molecular weight excluding hydrogens is 160 g/mol. The first-order valence-corrected chi connectivity index (χ1v) is 4.27. The summed E-state index contributed by atoms with van der Waals surface area (Å²) < 4.78 is 0. The Bertz CT molecular complexity index is 168. The van der Waals surface area contributed by atoms with Gasteiger partial charge in [0.2, 0.25) is 0 Å². The lowest BCUT2D eigenvalue weighted by Crippen LogP contribution is -2.51. The molecule has 0 fully saturated rings. The Morgan fingerprint density at radius 2 is 0.786 bits per heavy atom. The average Bonchev–Trinajstić information content (AvgIpc) is 1.77. The summed E-state index contributed by atoms with van der Waals surface area (Å²) in [5.74, 6) is 0. The van der Waals surface area contributed by atoms with Crippen molar-refractivity contribution in [2.45, 2.75) is 36.3 Å². The topological polar surface area (TPSA) is 0 Å². The van der Waals surface area contributed by atoms with Crippen LogP contribution in [0.4, 0.5) is 0 Å². The van der Waals surface area contributed by atoms with Crippen LogP contribution in [0.1, 0.15) is 20.8 Å². The summed E-state index contributed by atoms with van der Waals surface area (Å²) in [6.45, 7) is 5.28. The molecule has 0 aliphatic rings. The molecule has 0 bridgehead atoms. The molecule has 0 atom stereocenters. The van der Waals surface area contributed by atoms with Gasteiger partial charge in [0, 0.05) is 0 Å². The number of hydrogen-bond acceptors (Lipinski definition) is 0. The molecule has 0 aromatic rings. The lowest BCUT2D eigenvalue weighted by atomic mass is 9.12. The summed E-state index contributed by atoms with van der Waals surface area (Å²) in [6.07, 6.45) is 0. The highest BCUT2D eigenvalue weighted by Crippen LogP contribution is 2.65. The summed E-state index contributed by atoms with van der Waals surface area (Å²) >= 11 is 0. The molecule has 14 heavy (non-hydrogen) atoms. The fourth-order valence-corrected chi connectivity index (χ4v) is 1.67. The van der Waals surface area contributed by atoms with Crippen LogP contribution in [-0.2, 0) is 0 Å². The standard InChI is InChI=1S/C7H9B7/c1-4(2,3)5(8,6(9,10)11)7(12,13)14/h1-3H3. The highest BCUT2D eigenvalue weighted by atomic mass is 14.4. The van der Waals surface area contributed by atoms with E-state index in [1.165, 1.54) is 0 Å². The minimum atomic E-state index is -1.77. The van der Waals surface area contributed by atoms with E-state index < -0.39 is 21.0 Å². The summed E-state index contributed by atoms with van der Waals surface area (Å²) in [5.41, 5.74) is -0.649. The van der Waals surface area contributed by atoms with Gasteiger partial charge in [-0.15, -0.1) is 10.2 Å². The molecule has 0 heterocycles. The second kappa shape index (κ2) is 3.49. The molecule has 0 saturated carbocycles. The van der Waals surface area contributed by atoms with Gasteiger partial charge in [0.15, 0.2) is 0 Å². The minimum absolute atomic E-state index is 0.649. The van der Waals surface area contributed by atoms with Crippen LogP contribution in [0.15, 0.2) is 0 Å². The first-order valence-electron chi connectivity index (χ1n) is 4.27.